The van der Waals surface area contributed by atoms with E-state index in [1.54, 1.807) is 62.6 Å². The van der Waals surface area contributed by atoms with Gasteiger partial charge in [-0.05, 0) is 43.3 Å². The summed E-state index contributed by atoms with van der Waals surface area (Å²) in [5.74, 6) is 0.729. The van der Waals surface area contributed by atoms with Crippen molar-refractivity contribution < 1.29 is 19.1 Å². The first-order chi connectivity index (χ1) is 15.0. The lowest BCUT2D eigenvalue weighted by molar-refractivity contribution is -0.129. The van der Waals surface area contributed by atoms with E-state index in [0.29, 0.717) is 22.7 Å². The fourth-order valence-electron chi connectivity index (χ4n) is 3.37. The number of amides is 2. The zero-order chi connectivity index (χ0) is 22.0. The van der Waals surface area contributed by atoms with Crippen LogP contribution < -0.4 is 25.4 Å². The van der Waals surface area contributed by atoms with Crippen LogP contribution in [0, 0.1) is 0 Å². The third-order valence-electron chi connectivity index (χ3n) is 5.02. The lowest BCUT2D eigenvalue weighted by Crippen LogP contribution is -2.51. The van der Waals surface area contributed by atoms with Gasteiger partial charge < -0.3 is 20.5 Å². The quantitative estimate of drug-likeness (QED) is 0.659. The van der Waals surface area contributed by atoms with Crippen LogP contribution in [0.15, 0.2) is 66.7 Å². The second kappa shape index (κ2) is 8.35. The molecule has 4 rings (SSSR count). The number of fused-ring (bicyclic) bond motifs is 1. The smallest absolute Gasteiger partial charge is 0.274 e. The van der Waals surface area contributed by atoms with Gasteiger partial charge in [-0.25, -0.2) is 4.98 Å². The summed E-state index contributed by atoms with van der Waals surface area (Å²) in [5, 5.41) is 2.82. The minimum Gasteiger partial charge on any atom is -0.497 e. The first-order valence-electron chi connectivity index (χ1n) is 9.74. The van der Waals surface area contributed by atoms with Crippen LogP contribution in [-0.4, -0.2) is 29.9 Å². The predicted octanol–water partition coefficient (Wildman–Crippen LogP) is 3.17. The van der Waals surface area contributed by atoms with Crippen LogP contribution in [0.2, 0.25) is 0 Å². The summed E-state index contributed by atoms with van der Waals surface area (Å²) in [4.78, 5) is 32.0. The summed E-state index contributed by atoms with van der Waals surface area (Å²) in [6.07, 6.45) is -0.893. The molecule has 1 aliphatic heterocycles. The van der Waals surface area contributed by atoms with Gasteiger partial charge in [-0.1, -0.05) is 30.3 Å². The molecule has 2 heterocycles. The number of hydrogen-bond acceptors (Lipinski definition) is 6. The summed E-state index contributed by atoms with van der Waals surface area (Å²) in [7, 11) is 1.57. The Labute approximate surface area is 179 Å². The van der Waals surface area contributed by atoms with Crippen LogP contribution in [0.5, 0.6) is 11.5 Å². The van der Waals surface area contributed by atoms with E-state index in [1.807, 2.05) is 18.2 Å². The van der Waals surface area contributed by atoms with Crippen LogP contribution in [0.3, 0.4) is 0 Å². The van der Waals surface area contributed by atoms with Crippen molar-refractivity contribution in [3.63, 3.8) is 0 Å². The Morgan fingerprint density at radius 3 is 2.52 bits per heavy atom. The highest BCUT2D eigenvalue weighted by molar-refractivity contribution is 6.07. The first kappa shape index (κ1) is 20.2. The van der Waals surface area contributed by atoms with Crippen LogP contribution in [-0.2, 0) is 9.59 Å². The zero-order valence-electron chi connectivity index (χ0n) is 17.1. The van der Waals surface area contributed by atoms with Gasteiger partial charge in [0.15, 0.2) is 11.6 Å². The van der Waals surface area contributed by atoms with Crippen molar-refractivity contribution in [1.29, 1.82) is 0 Å². The highest BCUT2D eigenvalue weighted by atomic mass is 16.5. The number of hydrogen-bond donors (Lipinski definition) is 2. The maximum absolute atomic E-state index is 13.4. The van der Waals surface area contributed by atoms with Gasteiger partial charge in [-0.15, -0.1) is 0 Å². The fraction of sp³-hybridized carbons (Fsp3) is 0.174. The molecule has 0 saturated carbocycles. The third kappa shape index (κ3) is 4.00. The Kier molecular flexibility index (Phi) is 5.44. The number of anilines is 3. The third-order valence-corrected chi connectivity index (χ3v) is 5.02. The van der Waals surface area contributed by atoms with Gasteiger partial charge in [0.25, 0.3) is 5.91 Å². The molecule has 2 unspecified atom stereocenters. The molecule has 158 valence electrons. The van der Waals surface area contributed by atoms with Gasteiger partial charge in [0, 0.05) is 11.3 Å². The monoisotopic (exact) mass is 418 g/mol. The van der Waals surface area contributed by atoms with E-state index < -0.39 is 18.1 Å². The normalized spacial score (nSPS) is 16.1. The number of benzene rings is 2. The molecule has 2 amide bonds. The first-order valence-corrected chi connectivity index (χ1v) is 9.74. The number of pyridine rings is 1. The number of nitrogens with two attached hydrogens (primary N) is 1. The Balaban J connectivity index is 1.66. The van der Waals surface area contributed by atoms with Gasteiger partial charge in [0.2, 0.25) is 12.0 Å². The van der Waals surface area contributed by atoms with Gasteiger partial charge in [0.05, 0.1) is 7.11 Å². The van der Waals surface area contributed by atoms with Crippen molar-refractivity contribution in [2.24, 2.45) is 0 Å². The molecular formula is C23H22N4O4. The molecule has 8 nitrogen and oxygen atoms in total. The van der Waals surface area contributed by atoms with E-state index in [2.05, 4.69) is 10.3 Å². The molecule has 0 spiro atoms. The maximum atomic E-state index is 13.4. The van der Waals surface area contributed by atoms with Gasteiger partial charge >= 0.3 is 0 Å². The summed E-state index contributed by atoms with van der Waals surface area (Å²) < 4.78 is 11.1. The summed E-state index contributed by atoms with van der Waals surface area (Å²) in [5.41, 5.74) is 7.11. The number of nitrogens with zero attached hydrogens (tertiary/aromatic N) is 2. The van der Waals surface area contributed by atoms with Crippen molar-refractivity contribution in [2.75, 3.05) is 23.1 Å². The molecular weight excluding hydrogens is 396 g/mol. The highest BCUT2D eigenvalue weighted by Crippen LogP contribution is 2.39. The number of rotatable bonds is 5. The number of nitrogens with one attached hydrogen (secondary N) is 1. The number of carbonyl (C=O) groups excluding carboxylic acids is 2. The van der Waals surface area contributed by atoms with Crippen LogP contribution >= 0.6 is 0 Å². The maximum Gasteiger partial charge on any atom is 0.274 e. The largest absolute Gasteiger partial charge is 0.497 e. The number of methoxy groups -OCH3 is 1. The Hall–Kier alpha value is -4.07. The van der Waals surface area contributed by atoms with Crippen LogP contribution in [0.25, 0.3) is 0 Å². The average Bonchev–Trinajstić information content (AvgIpc) is 2.79. The van der Waals surface area contributed by atoms with Crippen molar-refractivity contribution in [1.82, 2.24) is 4.98 Å². The molecule has 2 aromatic carbocycles. The van der Waals surface area contributed by atoms with Crippen molar-refractivity contribution >= 4 is 29.1 Å². The SMILES string of the molecule is COc1ccc(NC(=O)C(C)N2C(=O)C(c3ccccc3)Oc3ccc(N)nc32)cc1. The molecule has 1 aliphatic rings. The van der Waals surface area contributed by atoms with Crippen molar-refractivity contribution in [3.05, 3.63) is 72.3 Å². The predicted molar refractivity (Wildman–Crippen MR) is 117 cm³/mol. The minimum absolute atomic E-state index is 0.217. The lowest BCUT2D eigenvalue weighted by atomic mass is 10.0. The summed E-state index contributed by atoms with van der Waals surface area (Å²) >= 11 is 0. The molecule has 0 aliphatic carbocycles. The second-order valence-corrected chi connectivity index (χ2v) is 7.07. The Morgan fingerprint density at radius 1 is 1.13 bits per heavy atom. The lowest BCUT2D eigenvalue weighted by Gasteiger charge is -2.36. The molecule has 2 atom stereocenters. The summed E-state index contributed by atoms with van der Waals surface area (Å²) in [6, 6.07) is 18.4. The van der Waals surface area contributed by atoms with Crippen LogP contribution in [0.4, 0.5) is 17.3 Å². The summed E-state index contributed by atoms with van der Waals surface area (Å²) in [6.45, 7) is 1.64. The van der Waals surface area contributed by atoms with Crippen molar-refractivity contribution in [3.8, 4) is 11.5 Å². The van der Waals surface area contributed by atoms with E-state index in [4.69, 9.17) is 15.2 Å². The molecule has 0 bridgehead atoms. The van der Waals surface area contributed by atoms with E-state index in [0.717, 1.165) is 0 Å². The Bertz CT molecular complexity index is 1100. The van der Waals surface area contributed by atoms with Gasteiger partial charge in [-0.3, -0.25) is 14.5 Å². The van der Waals surface area contributed by atoms with E-state index in [9.17, 15) is 9.59 Å². The molecule has 0 saturated heterocycles. The number of aromatic nitrogens is 1. The van der Waals surface area contributed by atoms with E-state index >= 15 is 0 Å². The standard InChI is InChI=1S/C23H22N4O4/c1-14(22(28)25-16-8-10-17(30-2)11-9-16)27-21-18(12-13-19(24)26-21)31-20(23(27)29)15-6-4-3-5-7-15/h3-14,20H,1-2H3,(H2,24,26)(H,25,28). The Morgan fingerprint density at radius 2 is 1.84 bits per heavy atom. The second-order valence-electron chi connectivity index (χ2n) is 7.07. The molecule has 0 fully saturated rings. The number of carbonyl (C=O) groups is 2. The van der Waals surface area contributed by atoms with Gasteiger partial charge in [-0.2, -0.15) is 0 Å². The fourth-order valence-corrected chi connectivity index (χ4v) is 3.37. The van der Waals surface area contributed by atoms with Gasteiger partial charge in [0.1, 0.15) is 17.6 Å². The molecule has 3 N–H and O–H groups in total. The molecule has 8 heteroatoms. The molecule has 0 radical (unpaired) electrons. The zero-order valence-corrected chi connectivity index (χ0v) is 17.1. The average molecular weight is 418 g/mol. The van der Waals surface area contributed by atoms with Crippen LogP contribution in [0.1, 0.15) is 18.6 Å². The van der Waals surface area contributed by atoms with Crippen molar-refractivity contribution in [2.45, 2.75) is 19.1 Å². The molecule has 1 aromatic heterocycles. The van der Waals surface area contributed by atoms with E-state index in [-0.39, 0.29) is 17.5 Å². The van der Waals surface area contributed by atoms with E-state index in [1.165, 1.54) is 4.90 Å². The molecule has 31 heavy (non-hydrogen) atoms. The number of ether oxygens (including phenoxy) is 2. The minimum atomic E-state index is -0.893. The highest BCUT2D eigenvalue weighted by Gasteiger charge is 2.41. The molecule has 3 aromatic rings. The topological polar surface area (TPSA) is 107 Å². The number of nitrogen functional groups attached to an aromatic ring is 1.